The zero-order valence-corrected chi connectivity index (χ0v) is 8.67. The smallest absolute Gasteiger partial charge is 0.129 e. The molecule has 1 unspecified atom stereocenters. The summed E-state index contributed by atoms with van der Waals surface area (Å²) in [5.74, 6) is 1.50. The van der Waals surface area contributed by atoms with Gasteiger partial charge in [0, 0.05) is 18.2 Å². The average molecular weight is 209 g/mol. The van der Waals surface area contributed by atoms with Crippen LogP contribution in [-0.2, 0) is 0 Å². The lowest BCUT2D eigenvalue weighted by molar-refractivity contribution is 0.503. The van der Waals surface area contributed by atoms with Gasteiger partial charge in [0.15, 0.2) is 0 Å². The molecular formula is C11H13ClN2. The van der Waals surface area contributed by atoms with E-state index in [0.29, 0.717) is 17.1 Å². The van der Waals surface area contributed by atoms with E-state index in [-0.39, 0.29) is 0 Å². The van der Waals surface area contributed by atoms with Crippen molar-refractivity contribution in [2.45, 2.75) is 24.8 Å². The van der Waals surface area contributed by atoms with E-state index in [2.05, 4.69) is 16.4 Å². The van der Waals surface area contributed by atoms with Gasteiger partial charge in [0.1, 0.15) is 5.15 Å². The quantitative estimate of drug-likeness (QED) is 0.716. The Hall–Kier alpha value is -0.600. The third-order valence-corrected chi connectivity index (χ3v) is 3.79. The van der Waals surface area contributed by atoms with Gasteiger partial charge in [-0.1, -0.05) is 17.7 Å². The van der Waals surface area contributed by atoms with Crippen molar-refractivity contribution in [1.82, 2.24) is 10.3 Å². The lowest BCUT2D eigenvalue weighted by atomic mass is 9.91. The van der Waals surface area contributed by atoms with Crippen molar-refractivity contribution in [2.75, 3.05) is 6.54 Å². The molecule has 2 aliphatic rings. The van der Waals surface area contributed by atoms with Gasteiger partial charge < -0.3 is 5.32 Å². The van der Waals surface area contributed by atoms with Crippen LogP contribution in [0.5, 0.6) is 0 Å². The topological polar surface area (TPSA) is 24.9 Å². The zero-order chi connectivity index (χ0) is 9.54. The Morgan fingerprint density at radius 1 is 1.36 bits per heavy atom. The summed E-state index contributed by atoms with van der Waals surface area (Å²) < 4.78 is 0. The summed E-state index contributed by atoms with van der Waals surface area (Å²) in [4.78, 5) is 4.16. The van der Waals surface area contributed by atoms with Gasteiger partial charge in [0.2, 0.25) is 0 Å². The highest BCUT2D eigenvalue weighted by Gasteiger charge is 2.42. The lowest BCUT2D eigenvalue weighted by Crippen LogP contribution is -2.25. The molecule has 74 valence electrons. The number of nitrogens with one attached hydrogen (secondary N) is 1. The maximum absolute atomic E-state index is 5.78. The molecule has 0 radical (unpaired) electrons. The number of pyridine rings is 1. The fourth-order valence-electron chi connectivity index (χ4n) is 2.93. The zero-order valence-electron chi connectivity index (χ0n) is 7.91. The summed E-state index contributed by atoms with van der Waals surface area (Å²) >= 11 is 5.78. The minimum atomic E-state index is 0.590. The Morgan fingerprint density at radius 2 is 2.29 bits per heavy atom. The maximum Gasteiger partial charge on any atom is 0.129 e. The molecule has 1 aliphatic carbocycles. The van der Waals surface area contributed by atoms with Crippen LogP contribution in [0, 0.1) is 5.92 Å². The second-order valence-electron chi connectivity index (χ2n) is 4.29. The molecule has 2 nitrogen and oxygen atoms in total. The average Bonchev–Trinajstić information content (AvgIpc) is 2.78. The first kappa shape index (κ1) is 8.69. The molecule has 2 heterocycles. The Bertz CT molecular complexity index is 316. The summed E-state index contributed by atoms with van der Waals surface area (Å²) in [7, 11) is 0. The van der Waals surface area contributed by atoms with Gasteiger partial charge in [-0.05, 0) is 36.9 Å². The number of nitrogens with zero attached hydrogens (tertiary/aromatic N) is 1. The SMILES string of the molecule is Clc1ccc(C2[C@@H]3CC[C@H]2NC3)cn1. The lowest BCUT2D eigenvalue weighted by Gasteiger charge is -2.14. The number of rotatable bonds is 1. The number of piperidine rings is 1. The van der Waals surface area contributed by atoms with E-state index in [9.17, 15) is 0 Å². The standard InChI is InChI=1S/C11H13ClN2/c12-10-4-2-8(6-14-10)11-7-1-3-9(11)13-5-7/h2,4,6-7,9,11,13H,1,3,5H2/t7-,9-,11?/m1/s1. The molecule has 1 aliphatic heterocycles. The van der Waals surface area contributed by atoms with Crippen LogP contribution in [0.2, 0.25) is 5.15 Å². The Balaban J connectivity index is 1.92. The molecule has 2 bridgehead atoms. The van der Waals surface area contributed by atoms with Crippen LogP contribution >= 0.6 is 11.6 Å². The van der Waals surface area contributed by atoms with Crippen LogP contribution in [0.1, 0.15) is 24.3 Å². The number of hydrogen-bond acceptors (Lipinski definition) is 2. The van der Waals surface area contributed by atoms with Crippen molar-refractivity contribution in [3.63, 3.8) is 0 Å². The van der Waals surface area contributed by atoms with Gasteiger partial charge in [-0.15, -0.1) is 0 Å². The Labute approximate surface area is 88.7 Å². The summed E-state index contributed by atoms with van der Waals surface area (Å²) in [5, 5.41) is 4.15. The van der Waals surface area contributed by atoms with E-state index in [0.717, 1.165) is 5.92 Å². The van der Waals surface area contributed by atoms with Gasteiger partial charge in [0.05, 0.1) is 0 Å². The first-order valence-corrected chi connectivity index (χ1v) is 5.57. The molecule has 1 saturated heterocycles. The molecule has 0 amide bonds. The van der Waals surface area contributed by atoms with E-state index < -0.39 is 0 Å². The predicted molar refractivity (Wildman–Crippen MR) is 56.5 cm³/mol. The van der Waals surface area contributed by atoms with Gasteiger partial charge >= 0.3 is 0 Å². The summed E-state index contributed by atoms with van der Waals surface area (Å²) in [6, 6.07) is 4.70. The number of halogens is 1. The molecule has 3 heteroatoms. The molecule has 1 saturated carbocycles. The van der Waals surface area contributed by atoms with Crippen molar-refractivity contribution in [3.8, 4) is 0 Å². The van der Waals surface area contributed by atoms with Gasteiger partial charge in [-0.3, -0.25) is 0 Å². The molecule has 14 heavy (non-hydrogen) atoms. The molecule has 0 aromatic carbocycles. The Kier molecular flexibility index (Phi) is 1.99. The summed E-state index contributed by atoms with van der Waals surface area (Å²) in [6.07, 6.45) is 4.62. The number of aromatic nitrogens is 1. The van der Waals surface area contributed by atoms with Crippen LogP contribution in [0.25, 0.3) is 0 Å². The predicted octanol–water partition coefficient (Wildman–Crippen LogP) is 2.20. The minimum absolute atomic E-state index is 0.590. The van der Waals surface area contributed by atoms with Gasteiger partial charge in [0.25, 0.3) is 0 Å². The van der Waals surface area contributed by atoms with Gasteiger partial charge in [-0.25, -0.2) is 4.98 Å². The second-order valence-corrected chi connectivity index (χ2v) is 4.68. The number of hydrogen-bond donors (Lipinski definition) is 1. The first-order chi connectivity index (χ1) is 6.84. The normalized spacial score (nSPS) is 35.1. The molecule has 3 atom stereocenters. The summed E-state index contributed by atoms with van der Waals surface area (Å²) in [6.45, 7) is 1.18. The molecule has 3 rings (SSSR count). The van der Waals surface area contributed by atoms with E-state index in [4.69, 9.17) is 11.6 Å². The second kappa shape index (κ2) is 3.21. The van der Waals surface area contributed by atoms with Gasteiger partial charge in [-0.2, -0.15) is 0 Å². The van der Waals surface area contributed by atoms with Crippen molar-refractivity contribution < 1.29 is 0 Å². The van der Waals surface area contributed by atoms with Crippen molar-refractivity contribution in [2.24, 2.45) is 5.92 Å². The van der Waals surface area contributed by atoms with E-state index >= 15 is 0 Å². The number of fused-ring (bicyclic) bond motifs is 2. The molecule has 2 fully saturated rings. The third kappa shape index (κ3) is 1.25. The third-order valence-electron chi connectivity index (χ3n) is 3.57. The van der Waals surface area contributed by atoms with Crippen molar-refractivity contribution in [3.05, 3.63) is 29.0 Å². The Morgan fingerprint density at radius 3 is 2.79 bits per heavy atom. The summed E-state index contributed by atoms with van der Waals surface area (Å²) in [5.41, 5.74) is 1.35. The highest BCUT2D eigenvalue weighted by Crippen LogP contribution is 2.43. The highest BCUT2D eigenvalue weighted by molar-refractivity contribution is 6.29. The molecular weight excluding hydrogens is 196 g/mol. The van der Waals surface area contributed by atoms with Crippen LogP contribution < -0.4 is 5.32 Å². The van der Waals surface area contributed by atoms with Crippen LogP contribution in [0.4, 0.5) is 0 Å². The van der Waals surface area contributed by atoms with Crippen molar-refractivity contribution >= 4 is 11.6 Å². The van der Waals surface area contributed by atoms with Crippen LogP contribution in [-0.4, -0.2) is 17.6 Å². The maximum atomic E-state index is 5.78. The highest BCUT2D eigenvalue weighted by atomic mass is 35.5. The van der Waals surface area contributed by atoms with Crippen LogP contribution in [0.3, 0.4) is 0 Å². The minimum Gasteiger partial charge on any atom is -0.313 e. The largest absolute Gasteiger partial charge is 0.313 e. The fraction of sp³-hybridized carbons (Fsp3) is 0.545. The monoisotopic (exact) mass is 208 g/mol. The molecule has 1 aromatic heterocycles. The van der Waals surface area contributed by atoms with Crippen LogP contribution in [0.15, 0.2) is 18.3 Å². The fourth-order valence-corrected chi connectivity index (χ4v) is 3.04. The first-order valence-electron chi connectivity index (χ1n) is 5.19. The van der Waals surface area contributed by atoms with E-state index in [1.807, 2.05) is 12.3 Å². The van der Waals surface area contributed by atoms with E-state index in [1.165, 1.54) is 24.9 Å². The molecule has 0 spiro atoms. The van der Waals surface area contributed by atoms with E-state index in [1.54, 1.807) is 0 Å². The van der Waals surface area contributed by atoms with Crippen molar-refractivity contribution in [1.29, 1.82) is 0 Å². The molecule has 1 N–H and O–H groups in total. The molecule has 1 aromatic rings.